The van der Waals surface area contributed by atoms with Gasteiger partial charge in [-0.1, -0.05) is 67.1 Å². The Bertz CT molecular complexity index is 1090. The monoisotopic (exact) mass is 409 g/mol. The molecule has 1 atom stereocenters. The van der Waals surface area contributed by atoms with Crippen LogP contribution in [0.25, 0.3) is 5.70 Å². The van der Waals surface area contributed by atoms with Gasteiger partial charge in [0.25, 0.3) is 10.0 Å². The van der Waals surface area contributed by atoms with Gasteiger partial charge in [0.15, 0.2) is 0 Å². The molecule has 28 heavy (non-hydrogen) atoms. The summed E-state index contributed by atoms with van der Waals surface area (Å²) in [7, 11) is -3.63. The van der Waals surface area contributed by atoms with Gasteiger partial charge in [-0.2, -0.15) is 0 Å². The minimum atomic E-state index is -3.63. The number of hydrogen-bond donors (Lipinski definition) is 0. The molecule has 0 aliphatic carbocycles. The maximum absolute atomic E-state index is 13.5. The van der Waals surface area contributed by atoms with Crippen LogP contribution in [0.4, 0.5) is 0 Å². The number of nitrogens with zero attached hydrogens (tertiary/aromatic N) is 1. The van der Waals surface area contributed by atoms with E-state index in [1.807, 2.05) is 55.5 Å². The SMILES string of the molecule is Cc1ccc(S(=O)(=O)N2CC(C)(Cc3cccs3)C=C2c2ccccc2)cc1. The van der Waals surface area contributed by atoms with Crippen molar-refractivity contribution < 1.29 is 8.42 Å². The van der Waals surface area contributed by atoms with E-state index in [0.717, 1.165) is 23.2 Å². The van der Waals surface area contributed by atoms with Crippen LogP contribution in [0, 0.1) is 12.3 Å². The molecular weight excluding hydrogens is 386 g/mol. The molecule has 0 amide bonds. The molecule has 5 heteroatoms. The molecule has 1 aliphatic heterocycles. The van der Waals surface area contributed by atoms with E-state index < -0.39 is 10.0 Å². The Morgan fingerprint density at radius 1 is 1.00 bits per heavy atom. The van der Waals surface area contributed by atoms with Crippen LogP contribution in [0.5, 0.6) is 0 Å². The maximum atomic E-state index is 13.5. The largest absolute Gasteiger partial charge is 0.265 e. The molecule has 3 nitrogen and oxygen atoms in total. The predicted octanol–water partition coefficient (Wildman–Crippen LogP) is 5.35. The minimum absolute atomic E-state index is 0.256. The van der Waals surface area contributed by atoms with E-state index in [9.17, 15) is 8.42 Å². The number of thiophene rings is 1. The van der Waals surface area contributed by atoms with E-state index in [1.165, 1.54) is 4.88 Å². The van der Waals surface area contributed by atoms with Gasteiger partial charge in [-0.25, -0.2) is 8.42 Å². The highest BCUT2D eigenvalue weighted by Crippen LogP contribution is 2.42. The fourth-order valence-electron chi connectivity index (χ4n) is 3.67. The van der Waals surface area contributed by atoms with Gasteiger partial charge in [0.1, 0.15) is 0 Å². The van der Waals surface area contributed by atoms with Crippen LogP contribution in [0.1, 0.15) is 22.9 Å². The molecule has 3 aromatic rings. The van der Waals surface area contributed by atoms with Crippen molar-refractivity contribution >= 4 is 27.1 Å². The Hall–Kier alpha value is -2.37. The summed E-state index contributed by atoms with van der Waals surface area (Å²) in [6.45, 7) is 4.53. The second kappa shape index (κ2) is 7.22. The first kappa shape index (κ1) is 19.0. The highest BCUT2D eigenvalue weighted by Gasteiger charge is 2.40. The normalized spacial score (nSPS) is 19.6. The molecule has 0 spiro atoms. The highest BCUT2D eigenvalue weighted by atomic mass is 32.2. The molecule has 0 N–H and O–H groups in total. The molecule has 1 unspecified atom stereocenters. The fourth-order valence-corrected chi connectivity index (χ4v) is 6.19. The summed E-state index contributed by atoms with van der Waals surface area (Å²) in [5, 5.41) is 2.07. The second-order valence-electron chi connectivity index (χ2n) is 7.63. The van der Waals surface area contributed by atoms with E-state index in [1.54, 1.807) is 27.8 Å². The van der Waals surface area contributed by atoms with Crippen LogP contribution in [0.3, 0.4) is 0 Å². The van der Waals surface area contributed by atoms with Crippen molar-refractivity contribution in [3.05, 3.63) is 94.2 Å². The number of hydrogen-bond acceptors (Lipinski definition) is 3. The first-order chi connectivity index (χ1) is 13.4. The molecule has 4 rings (SSSR count). The summed E-state index contributed by atoms with van der Waals surface area (Å²) in [6.07, 6.45) is 2.95. The summed E-state index contributed by atoms with van der Waals surface area (Å²) in [5.74, 6) is 0. The zero-order chi connectivity index (χ0) is 19.8. The van der Waals surface area contributed by atoms with E-state index in [-0.39, 0.29) is 5.41 Å². The summed E-state index contributed by atoms with van der Waals surface area (Å²) in [6, 6.07) is 21.0. The van der Waals surface area contributed by atoms with E-state index in [2.05, 4.69) is 24.4 Å². The average molecular weight is 410 g/mol. The topological polar surface area (TPSA) is 37.4 Å². The Morgan fingerprint density at radius 2 is 1.71 bits per heavy atom. The lowest BCUT2D eigenvalue weighted by atomic mass is 9.87. The smallest absolute Gasteiger partial charge is 0.264 e. The first-order valence-electron chi connectivity index (χ1n) is 9.28. The first-order valence-corrected chi connectivity index (χ1v) is 11.6. The highest BCUT2D eigenvalue weighted by molar-refractivity contribution is 7.89. The van der Waals surface area contributed by atoms with E-state index in [0.29, 0.717) is 11.4 Å². The van der Waals surface area contributed by atoms with Crippen molar-refractivity contribution in [1.82, 2.24) is 4.31 Å². The summed E-state index contributed by atoms with van der Waals surface area (Å²) < 4.78 is 28.6. The van der Waals surface area contributed by atoms with E-state index in [4.69, 9.17) is 0 Å². The second-order valence-corrected chi connectivity index (χ2v) is 10.5. The molecule has 1 aliphatic rings. The number of rotatable bonds is 5. The van der Waals surface area contributed by atoms with Crippen LogP contribution >= 0.6 is 11.3 Å². The van der Waals surface area contributed by atoms with Crippen LogP contribution in [0.2, 0.25) is 0 Å². The molecule has 0 fully saturated rings. The van der Waals surface area contributed by atoms with Gasteiger partial charge >= 0.3 is 0 Å². The zero-order valence-corrected chi connectivity index (χ0v) is 17.6. The van der Waals surface area contributed by atoms with Crippen LogP contribution < -0.4 is 0 Å². The lowest BCUT2D eigenvalue weighted by Crippen LogP contribution is -2.33. The Kier molecular flexibility index (Phi) is 4.89. The van der Waals surface area contributed by atoms with Gasteiger partial charge in [-0.3, -0.25) is 4.31 Å². The Labute approximate surface area is 171 Å². The van der Waals surface area contributed by atoms with E-state index >= 15 is 0 Å². The van der Waals surface area contributed by atoms with Gasteiger partial charge in [0.2, 0.25) is 0 Å². The van der Waals surface area contributed by atoms with Crippen LogP contribution in [0.15, 0.2) is 83.1 Å². The van der Waals surface area contributed by atoms with Gasteiger partial charge in [0, 0.05) is 16.8 Å². The lowest BCUT2D eigenvalue weighted by molar-refractivity contribution is 0.380. The maximum Gasteiger partial charge on any atom is 0.264 e. The van der Waals surface area contributed by atoms with Crippen molar-refractivity contribution in [2.45, 2.75) is 25.2 Å². The predicted molar refractivity (Wildman–Crippen MR) is 116 cm³/mol. The number of benzene rings is 2. The molecular formula is C23H23NO2S2. The minimum Gasteiger partial charge on any atom is -0.265 e. The van der Waals surface area contributed by atoms with Crippen LogP contribution in [-0.2, 0) is 16.4 Å². The van der Waals surface area contributed by atoms with Crippen molar-refractivity contribution in [1.29, 1.82) is 0 Å². The van der Waals surface area contributed by atoms with Gasteiger partial charge in [-0.15, -0.1) is 11.3 Å². The number of sulfonamides is 1. The third-order valence-electron chi connectivity index (χ3n) is 5.10. The summed E-state index contributed by atoms with van der Waals surface area (Å²) in [5.41, 5.74) is 2.48. The zero-order valence-electron chi connectivity index (χ0n) is 16.0. The van der Waals surface area contributed by atoms with Gasteiger partial charge < -0.3 is 0 Å². The molecule has 2 heterocycles. The molecule has 1 aromatic heterocycles. The van der Waals surface area contributed by atoms with Gasteiger partial charge in [0.05, 0.1) is 10.6 Å². The van der Waals surface area contributed by atoms with Gasteiger partial charge in [-0.05, 0) is 42.5 Å². The molecule has 0 saturated carbocycles. The molecule has 0 radical (unpaired) electrons. The average Bonchev–Trinajstić information content (AvgIpc) is 3.31. The molecule has 0 saturated heterocycles. The molecule has 2 aromatic carbocycles. The van der Waals surface area contributed by atoms with Crippen molar-refractivity contribution in [2.75, 3.05) is 6.54 Å². The third-order valence-corrected chi connectivity index (χ3v) is 7.75. The van der Waals surface area contributed by atoms with Crippen molar-refractivity contribution in [2.24, 2.45) is 5.41 Å². The third kappa shape index (κ3) is 3.64. The Balaban J connectivity index is 1.77. The summed E-state index contributed by atoms with van der Waals surface area (Å²) >= 11 is 1.71. The molecule has 0 bridgehead atoms. The Morgan fingerprint density at radius 3 is 2.36 bits per heavy atom. The van der Waals surface area contributed by atoms with Crippen LogP contribution in [-0.4, -0.2) is 19.3 Å². The fraction of sp³-hybridized carbons (Fsp3) is 0.217. The standard InChI is InChI=1S/C23H23NO2S2/c1-18-10-12-21(13-11-18)28(25,26)24-17-23(2,15-20-9-6-14-27-20)16-22(24)19-7-4-3-5-8-19/h3-14,16H,15,17H2,1-2H3. The van der Waals surface area contributed by atoms with Crippen molar-refractivity contribution in [3.8, 4) is 0 Å². The summed E-state index contributed by atoms with van der Waals surface area (Å²) in [4.78, 5) is 1.60. The van der Waals surface area contributed by atoms with Crippen molar-refractivity contribution in [3.63, 3.8) is 0 Å². The molecule has 144 valence electrons. The lowest BCUT2D eigenvalue weighted by Gasteiger charge is -2.27. The number of aryl methyl sites for hydroxylation is 1. The quantitative estimate of drug-likeness (QED) is 0.569.